The maximum Gasteiger partial charge on any atom is 0.137 e. The van der Waals surface area contributed by atoms with E-state index in [9.17, 15) is 0 Å². The third kappa shape index (κ3) is 9.02. The molecule has 1 fully saturated rings. The molecule has 5 nitrogen and oxygen atoms in total. The summed E-state index contributed by atoms with van der Waals surface area (Å²) in [5, 5.41) is 2.32. The van der Waals surface area contributed by atoms with Crippen molar-refractivity contribution in [3.63, 3.8) is 0 Å². The standard InChI is InChI=1S/C78H60N4O/c1-7-25-55(26-8-1)65-36-23-37-66(56-27-9-2-10-28-56)76(65)59-49-62(80-54-81(73-42-20-19-41-72(73)80)77-67(57-29-11-3-12-30-57)38-24-39-68(77)58-31-13-4-14-32-58)52-64(50-59)83-63-43-44-70-69-35-17-18-40-71(69)82(74(70)53-63)75-51-61(45-48-79-75)78(46-21-6-22-47-78)60-33-15-5-16-34-60/h1-5,7-20,23-45,48-53H,6,21-22,46-47,54H2. The summed E-state index contributed by atoms with van der Waals surface area (Å²) < 4.78 is 9.75. The molecule has 3 heterocycles. The van der Waals surface area contributed by atoms with Crippen molar-refractivity contribution in [3.8, 4) is 73.0 Å². The first-order chi connectivity index (χ1) is 41.1. The van der Waals surface area contributed by atoms with Gasteiger partial charge in [0.2, 0.25) is 0 Å². The van der Waals surface area contributed by atoms with E-state index >= 15 is 0 Å². The van der Waals surface area contributed by atoms with Crippen LogP contribution < -0.4 is 14.5 Å². The van der Waals surface area contributed by atoms with Gasteiger partial charge in [0, 0.05) is 51.3 Å². The molecule has 1 aliphatic heterocycles. The summed E-state index contributed by atoms with van der Waals surface area (Å²) in [5.74, 6) is 2.37. The molecule has 5 heteroatoms. The zero-order valence-corrected chi connectivity index (χ0v) is 46.2. The number of fused-ring (bicyclic) bond motifs is 4. The number of nitrogens with zero attached hydrogens (tertiary/aromatic N) is 4. The van der Waals surface area contributed by atoms with Crippen LogP contribution in [-0.4, -0.2) is 16.2 Å². The number of anilines is 4. The van der Waals surface area contributed by atoms with E-state index in [1.54, 1.807) is 0 Å². The van der Waals surface area contributed by atoms with Gasteiger partial charge in [-0.1, -0.05) is 238 Å². The molecular formula is C78H60N4O. The smallest absolute Gasteiger partial charge is 0.137 e. The molecule has 11 aromatic carbocycles. The summed E-state index contributed by atoms with van der Waals surface area (Å²) in [7, 11) is 0. The molecule has 13 aromatic rings. The van der Waals surface area contributed by atoms with Crippen molar-refractivity contribution in [1.82, 2.24) is 9.55 Å². The average Bonchev–Trinajstić information content (AvgIpc) is 3.64. The van der Waals surface area contributed by atoms with Crippen LogP contribution in [0.4, 0.5) is 22.7 Å². The number of hydrogen-bond acceptors (Lipinski definition) is 4. The Morgan fingerprint density at radius 3 is 1.52 bits per heavy atom. The Morgan fingerprint density at radius 2 is 0.892 bits per heavy atom. The molecule has 0 N–H and O–H groups in total. The number of pyridine rings is 1. The lowest BCUT2D eigenvalue weighted by Crippen LogP contribution is -2.30. The zero-order chi connectivity index (χ0) is 55.1. The topological polar surface area (TPSA) is 33.5 Å². The first-order valence-electron chi connectivity index (χ1n) is 29.2. The van der Waals surface area contributed by atoms with Gasteiger partial charge in [-0.05, 0) is 123 Å². The van der Waals surface area contributed by atoms with Gasteiger partial charge >= 0.3 is 0 Å². The molecular weight excluding hydrogens is 1010 g/mol. The molecule has 2 aliphatic rings. The van der Waals surface area contributed by atoms with Crippen LogP contribution in [0.3, 0.4) is 0 Å². The Hall–Kier alpha value is -10.2. The van der Waals surface area contributed by atoms with Crippen molar-refractivity contribution in [3.05, 3.63) is 302 Å². The lowest BCUT2D eigenvalue weighted by Gasteiger charge is -2.38. The van der Waals surface area contributed by atoms with E-state index in [4.69, 9.17) is 9.72 Å². The van der Waals surface area contributed by atoms with Crippen LogP contribution in [-0.2, 0) is 5.41 Å². The molecule has 1 aliphatic carbocycles. The number of hydrogen-bond donors (Lipinski definition) is 0. The van der Waals surface area contributed by atoms with Gasteiger partial charge in [0.05, 0.1) is 28.1 Å². The van der Waals surface area contributed by atoms with Gasteiger partial charge in [0.15, 0.2) is 0 Å². The molecule has 15 rings (SSSR count). The Morgan fingerprint density at radius 1 is 0.361 bits per heavy atom. The maximum atomic E-state index is 7.40. The Kier molecular flexibility index (Phi) is 12.8. The quantitative estimate of drug-likeness (QED) is 0.122. The van der Waals surface area contributed by atoms with Gasteiger partial charge in [0.1, 0.15) is 24.0 Å². The average molecular weight is 1070 g/mol. The molecule has 0 bridgehead atoms. The fourth-order valence-electron chi connectivity index (χ4n) is 13.6. The first kappa shape index (κ1) is 49.8. The molecule has 0 radical (unpaired) electrons. The normalized spacial score (nSPS) is 13.8. The Bertz CT molecular complexity index is 4360. The minimum Gasteiger partial charge on any atom is -0.457 e. The van der Waals surface area contributed by atoms with Crippen molar-refractivity contribution in [1.29, 1.82) is 0 Å². The van der Waals surface area contributed by atoms with Gasteiger partial charge in [-0.25, -0.2) is 4.98 Å². The van der Waals surface area contributed by atoms with E-state index in [1.165, 1.54) is 58.0 Å². The van der Waals surface area contributed by atoms with Crippen LogP contribution in [0, 0.1) is 0 Å². The van der Waals surface area contributed by atoms with Crippen LogP contribution in [0.15, 0.2) is 291 Å². The molecule has 0 amide bonds. The monoisotopic (exact) mass is 1070 g/mol. The van der Waals surface area contributed by atoms with Crippen molar-refractivity contribution < 1.29 is 4.74 Å². The summed E-state index contributed by atoms with van der Waals surface area (Å²) in [5.41, 5.74) is 20.6. The second-order valence-corrected chi connectivity index (χ2v) is 22.1. The maximum absolute atomic E-state index is 7.40. The van der Waals surface area contributed by atoms with E-state index in [0.717, 1.165) is 103 Å². The summed E-state index contributed by atoms with van der Waals surface area (Å²) in [4.78, 5) is 10.2. The fraction of sp³-hybridized carbons (Fsp3) is 0.0897. The number of aromatic nitrogens is 2. The summed E-state index contributed by atoms with van der Waals surface area (Å²) in [6, 6.07) is 103. The van der Waals surface area contributed by atoms with Crippen LogP contribution in [0.1, 0.15) is 43.2 Å². The summed E-state index contributed by atoms with van der Waals surface area (Å²) >= 11 is 0. The fourth-order valence-corrected chi connectivity index (χ4v) is 13.6. The molecule has 0 unspecified atom stereocenters. The molecule has 398 valence electrons. The van der Waals surface area contributed by atoms with Crippen LogP contribution in [0.2, 0.25) is 0 Å². The predicted molar refractivity (Wildman–Crippen MR) is 345 cm³/mol. The molecule has 83 heavy (non-hydrogen) atoms. The highest BCUT2D eigenvalue weighted by atomic mass is 16.5. The number of rotatable bonds is 12. The van der Waals surface area contributed by atoms with Crippen LogP contribution >= 0.6 is 0 Å². The largest absolute Gasteiger partial charge is 0.457 e. The summed E-state index contributed by atoms with van der Waals surface area (Å²) in [6.45, 7) is 0.557. The lowest BCUT2D eigenvalue weighted by atomic mass is 9.65. The molecule has 2 aromatic heterocycles. The second-order valence-electron chi connectivity index (χ2n) is 22.1. The Labute approximate surface area is 485 Å². The number of benzene rings is 11. The van der Waals surface area contributed by atoms with E-state index in [0.29, 0.717) is 6.67 Å². The summed E-state index contributed by atoms with van der Waals surface area (Å²) in [6.07, 6.45) is 7.93. The van der Waals surface area contributed by atoms with Gasteiger partial charge in [0.25, 0.3) is 0 Å². The first-order valence-corrected chi connectivity index (χ1v) is 29.2. The van der Waals surface area contributed by atoms with Crippen molar-refractivity contribution in [2.45, 2.75) is 37.5 Å². The highest BCUT2D eigenvalue weighted by Crippen LogP contribution is 2.52. The van der Waals surface area contributed by atoms with Crippen molar-refractivity contribution in [2.75, 3.05) is 16.5 Å². The molecule has 0 atom stereocenters. The van der Waals surface area contributed by atoms with E-state index in [1.807, 2.05) is 6.20 Å². The highest BCUT2D eigenvalue weighted by molar-refractivity contribution is 6.09. The van der Waals surface area contributed by atoms with Gasteiger partial charge in [-0.3, -0.25) is 4.57 Å². The second kappa shape index (κ2) is 21.3. The van der Waals surface area contributed by atoms with Gasteiger partial charge < -0.3 is 14.5 Å². The molecule has 0 saturated heterocycles. The third-order valence-electron chi connectivity index (χ3n) is 17.4. The number of para-hydroxylation sites is 4. The number of ether oxygens (including phenoxy) is 1. The SMILES string of the molecule is c1ccc(-c2cccc(-c3ccccc3)c2-c2cc(Oc3ccc4c5ccccc5n(-c5cc(C6(c7ccccc7)CCCCC6)ccn5)c4c3)cc(N3CN(c4c(-c5ccccc5)cccc4-c4ccccc4)c4ccccc43)c2)cc1. The van der Waals surface area contributed by atoms with E-state index in [2.05, 4.69) is 299 Å². The van der Waals surface area contributed by atoms with Gasteiger partial charge in [-0.2, -0.15) is 0 Å². The van der Waals surface area contributed by atoms with Gasteiger partial charge in [-0.15, -0.1) is 0 Å². The Balaban J connectivity index is 0.912. The van der Waals surface area contributed by atoms with Crippen molar-refractivity contribution >= 4 is 44.6 Å². The van der Waals surface area contributed by atoms with Crippen LogP contribution in [0.5, 0.6) is 11.5 Å². The van der Waals surface area contributed by atoms with E-state index < -0.39 is 0 Å². The third-order valence-corrected chi connectivity index (χ3v) is 17.4. The van der Waals surface area contributed by atoms with E-state index in [-0.39, 0.29) is 5.41 Å². The lowest BCUT2D eigenvalue weighted by molar-refractivity contribution is 0.345. The minimum absolute atomic E-state index is 0.0746. The minimum atomic E-state index is -0.0746. The molecule has 0 spiro atoms. The molecule has 1 saturated carbocycles. The van der Waals surface area contributed by atoms with Crippen molar-refractivity contribution in [2.24, 2.45) is 0 Å². The highest BCUT2D eigenvalue weighted by Gasteiger charge is 2.37. The van der Waals surface area contributed by atoms with Crippen LogP contribution in [0.25, 0.3) is 83.3 Å². The zero-order valence-electron chi connectivity index (χ0n) is 46.2. The predicted octanol–water partition coefficient (Wildman–Crippen LogP) is 20.8.